The fourth-order valence-electron chi connectivity index (χ4n) is 2.86. The molecule has 6 heteroatoms. The number of hydrogen-bond donors (Lipinski definition) is 1. The zero-order chi connectivity index (χ0) is 14.7. The summed E-state index contributed by atoms with van der Waals surface area (Å²) in [6, 6.07) is 7.03. The summed E-state index contributed by atoms with van der Waals surface area (Å²) in [5, 5.41) is 3.96. The smallest absolute Gasteiger partial charge is 0.240 e. The molecular weight excluding hydrogens is 271 g/mol. The van der Waals surface area contributed by atoms with Crippen molar-refractivity contribution in [3.05, 3.63) is 47.4 Å². The molecule has 112 valence electrons. The Bertz CT molecular complexity index is 584. The minimum atomic E-state index is -0.202. The van der Waals surface area contributed by atoms with Crippen molar-refractivity contribution in [2.75, 3.05) is 6.54 Å². The predicted molar refractivity (Wildman–Crippen MR) is 75.6 cm³/mol. The number of aromatic nitrogens is 2. The lowest BCUT2D eigenvalue weighted by molar-refractivity contribution is 0.135. The lowest BCUT2D eigenvalue weighted by Crippen LogP contribution is -2.33. The summed E-state index contributed by atoms with van der Waals surface area (Å²) in [7, 11) is 0. The number of nitrogens with two attached hydrogens (primary N) is 1. The number of nitrogens with zero attached hydrogens (tertiary/aromatic N) is 3. The highest BCUT2D eigenvalue weighted by Gasteiger charge is 2.25. The van der Waals surface area contributed by atoms with Crippen LogP contribution in [-0.2, 0) is 13.1 Å². The first-order valence-electron chi connectivity index (χ1n) is 7.27. The highest BCUT2D eigenvalue weighted by molar-refractivity contribution is 5.20. The van der Waals surface area contributed by atoms with E-state index in [2.05, 4.69) is 15.0 Å². The van der Waals surface area contributed by atoms with E-state index in [1.807, 2.05) is 12.1 Å². The zero-order valence-electron chi connectivity index (χ0n) is 11.8. The largest absolute Gasteiger partial charge is 0.338 e. The number of piperidine rings is 1. The van der Waals surface area contributed by atoms with Gasteiger partial charge in [-0.15, -0.1) is 0 Å². The third-order valence-corrected chi connectivity index (χ3v) is 3.90. The van der Waals surface area contributed by atoms with Gasteiger partial charge in [0.1, 0.15) is 5.82 Å². The van der Waals surface area contributed by atoms with Crippen molar-refractivity contribution in [2.24, 2.45) is 5.73 Å². The van der Waals surface area contributed by atoms with Gasteiger partial charge in [-0.25, -0.2) is 4.39 Å². The molecule has 0 saturated carbocycles. The Kier molecular flexibility index (Phi) is 4.26. The molecule has 1 atom stereocenters. The monoisotopic (exact) mass is 290 g/mol. The molecule has 0 amide bonds. The van der Waals surface area contributed by atoms with Gasteiger partial charge in [0, 0.05) is 6.04 Å². The molecule has 0 aliphatic carbocycles. The summed E-state index contributed by atoms with van der Waals surface area (Å²) in [6.07, 6.45) is 3.39. The van der Waals surface area contributed by atoms with Gasteiger partial charge >= 0.3 is 0 Å². The Hall–Kier alpha value is -1.79. The van der Waals surface area contributed by atoms with E-state index in [4.69, 9.17) is 10.3 Å². The second-order valence-electron chi connectivity index (χ2n) is 5.34. The quantitative estimate of drug-likeness (QED) is 0.936. The van der Waals surface area contributed by atoms with Gasteiger partial charge < -0.3 is 10.3 Å². The number of rotatable bonds is 4. The second kappa shape index (κ2) is 6.32. The van der Waals surface area contributed by atoms with E-state index in [0.717, 1.165) is 24.9 Å². The standard InChI is InChI=1S/C15H19FN4O/c16-12-6-4-11(5-7-12)13-3-1-2-8-20(13)10-14-18-15(9-17)21-19-14/h4-7,13H,1-3,8-10,17H2. The molecule has 2 heterocycles. The van der Waals surface area contributed by atoms with Gasteiger partial charge in [0.15, 0.2) is 5.82 Å². The SMILES string of the molecule is NCc1nc(CN2CCCCC2c2ccc(F)cc2)no1. The van der Waals surface area contributed by atoms with Crippen LogP contribution in [0.4, 0.5) is 4.39 Å². The number of benzene rings is 1. The van der Waals surface area contributed by atoms with Crippen molar-refractivity contribution in [1.29, 1.82) is 0 Å². The van der Waals surface area contributed by atoms with Gasteiger partial charge in [0.25, 0.3) is 0 Å². The molecule has 1 unspecified atom stereocenters. The molecule has 2 aromatic rings. The Morgan fingerprint density at radius 1 is 1.29 bits per heavy atom. The van der Waals surface area contributed by atoms with Gasteiger partial charge in [0.2, 0.25) is 5.89 Å². The van der Waals surface area contributed by atoms with Crippen LogP contribution in [0.25, 0.3) is 0 Å². The fraction of sp³-hybridized carbons (Fsp3) is 0.467. The molecule has 5 nitrogen and oxygen atoms in total. The summed E-state index contributed by atoms with van der Waals surface area (Å²) in [4.78, 5) is 6.58. The molecule has 1 aromatic carbocycles. The molecule has 21 heavy (non-hydrogen) atoms. The van der Waals surface area contributed by atoms with Crippen molar-refractivity contribution in [3.63, 3.8) is 0 Å². The van der Waals surface area contributed by atoms with Crippen molar-refractivity contribution in [1.82, 2.24) is 15.0 Å². The van der Waals surface area contributed by atoms with Crippen molar-refractivity contribution in [2.45, 2.75) is 38.4 Å². The van der Waals surface area contributed by atoms with Crippen molar-refractivity contribution in [3.8, 4) is 0 Å². The fourth-order valence-corrected chi connectivity index (χ4v) is 2.86. The molecule has 3 rings (SSSR count). The minimum Gasteiger partial charge on any atom is -0.338 e. The van der Waals surface area contributed by atoms with E-state index >= 15 is 0 Å². The zero-order valence-corrected chi connectivity index (χ0v) is 11.8. The predicted octanol–water partition coefficient (Wildman–Crippen LogP) is 2.39. The van der Waals surface area contributed by atoms with Crippen LogP contribution in [0.1, 0.15) is 42.6 Å². The molecule has 1 fully saturated rings. The van der Waals surface area contributed by atoms with Crippen molar-refractivity contribution < 1.29 is 8.91 Å². The van der Waals surface area contributed by atoms with Gasteiger partial charge in [-0.2, -0.15) is 4.98 Å². The molecule has 0 bridgehead atoms. The molecule has 0 spiro atoms. The number of hydrogen-bond acceptors (Lipinski definition) is 5. The maximum absolute atomic E-state index is 13.1. The average molecular weight is 290 g/mol. The van der Waals surface area contributed by atoms with Gasteiger partial charge in [-0.05, 0) is 37.1 Å². The van der Waals surface area contributed by atoms with E-state index in [1.165, 1.54) is 18.6 Å². The molecule has 1 aromatic heterocycles. The topological polar surface area (TPSA) is 68.2 Å². The van der Waals surface area contributed by atoms with Crippen LogP contribution in [0, 0.1) is 5.82 Å². The molecule has 0 radical (unpaired) electrons. The van der Waals surface area contributed by atoms with Crippen LogP contribution in [0.15, 0.2) is 28.8 Å². The lowest BCUT2D eigenvalue weighted by atomic mass is 9.95. The van der Waals surface area contributed by atoms with E-state index in [9.17, 15) is 4.39 Å². The summed E-state index contributed by atoms with van der Waals surface area (Å²) < 4.78 is 18.1. The normalized spacial score (nSPS) is 19.8. The van der Waals surface area contributed by atoms with Crippen LogP contribution < -0.4 is 5.73 Å². The Morgan fingerprint density at radius 3 is 2.81 bits per heavy atom. The molecule has 1 aliphatic heterocycles. The third kappa shape index (κ3) is 3.28. The maximum Gasteiger partial charge on any atom is 0.240 e. The van der Waals surface area contributed by atoms with Gasteiger partial charge in [-0.3, -0.25) is 4.90 Å². The van der Waals surface area contributed by atoms with Crippen LogP contribution in [-0.4, -0.2) is 21.6 Å². The highest BCUT2D eigenvalue weighted by Crippen LogP contribution is 2.31. The van der Waals surface area contributed by atoms with E-state index in [1.54, 1.807) is 0 Å². The molecule has 2 N–H and O–H groups in total. The van der Waals surface area contributed by atoms with Crippen molar-refractivity contribution >= 4 is 0 Å². The summed E-state index contributed by atoms with van der Waals surface area (Å²) in [6.45, 7) is 1.87. The maximum atomic E-state index is 13.1. The second-order valence-corrected chi connectivity index (χ2v) is 5.34. The summed E-state index contributed by atoms with van der Waals surface area (Å²) >= 11 is 0. The molecule has 1 saturated heterocycles. The van der Waals surface area contributed by atoms with E-state index < -0.39 is 0 Å². The van der Waals surface area contributed by atoms with Gasteiger partial charge in [-0.1, -0.05) is 23.7 Å². The minimum absolute atomic E-state index is 0.202. The van der Waals surface area contributed by atoms with E-state index in [-0.39, 0.29) is 18.4 Å². The first-order valence-corrected chi connectivity index (χ1v) is 7.27. The molecule has 1 aliphatic rings. The van der Waals surface area contributed by atoms with E-state index in [0.29, 0.717) is 18.3 Å². The van der Waals surface area contributed by atoms with Crippen LogP contribution in [0.3, 0.4) is 0 Å². The average Bonchev–Trinajstić information content (AvgIpc) is 2.96. The van der Waals surface area contributed by atoms with Crippen LogP contribution >= 0.6 is 0 Å². The Morgan fingerprint density at radius 2 is 2.10 bits per heavy atom. The van der Waals surface area contributed by atoms with Crippen LogP contribution in [0.5, 0.6) is 0 Å². The molecular formula is C15H19FN4O. The Balaban J connectivity index is 1.76. The summed E-state index contributed by atoms with van der Waals surface area (Å²) in [5.74, 6) is 0.914. The highest BCUT2D eigenvalue weighted by atomic mass is 19.1. The number of likely N-dealkylation sites (tertiary alicyclic amines) is 1. The third-order valence-electron chi connectivity index (χ3n) is 3.90. The number of halogens is 1. The van der Waals surface area contributed by atoms with Crippen LogP contribution in [0.2, 0.25) is 0 Å². The first-order chi connectivity index (χ1) is 10.3. The lowest BCUT2D eigenvalue weighted by Gasteiger charge is -2.35. The Labute approximate surface area is 122 Å². The summed E-state index contributed by atoms with van der Waals surface area (Å²) in [5.41, 5.74) is 6.62. The van der Waals surface area contributed by atoms with Gasteiger partial charge in [0.05, 0.1) is 13.1 Å². The first kappa shape index (κ1) is 14.2.